The Kier molecular flexibility index (Phi) is 9.67. The first kappa shape index (κ1) is 27.4. The Balaban J connectivity index is 2.21. The van der Waals surface area contributed by atoms with Crippen LogP contribution in [0.2, 0.25) is 0 Å². The minimum absolute atomic E-state index is 0.135. The van der Waals surface area contributed by atoms with Gasteiger partial charge < -0.3 is 10.2 Å². The summed E-state index contributed by atoms with van der Waals surface area (Å²) in [5, 5.41) is 2.65. The molecule has 0 radical (unpaired) electrons. The summed E-state index contributed by atoms with van der Waals surface area (Å²) < 4.78 is 26.4. The van der Waals surface area contributed by atoms with Crippen LogP contribution in [0, 0.1) is 20.8 Å². The molecule has 1 N–H and O–H groups in total. The fourth-order valence-electron chi connectivity index (χ4n) is 3.95. The largest absolute Gasteiger partial charge is 0.357 e. The van der Waals surface area contributed by atoms with Crippen molar-refractivity contribution in [1.82, 2.24) is 10.2 Å². The van der Waals surface area contributed by atoms with Gasteiger partial charge in [0.1, 0.15) is 6.04 Å². The van der Waals surface area contributed by atoms with E-state index in [0.717, 1.165) is 22.3 Å². The van der Waals surface area contributed by atoms with Crippen LogP contribution >= 0.6 is 0 Å². The summed E-state index contributed by atoms with van der Waals surface area (Å²) in [6.07, 6.45) is 2.14. The smallest absolute Gasteiger partial charge is 0.242 e. The maximum absolute atomic E-state index is 13.3. The molecule has 0 fully saturated rings. The van der Waals surface area contributed by atoms with Gasteiger partial charge in [-0.05, 0) is 56.4 Å². The molecule has 186 valence electrons. The van der Waals surface area contributed by atoms with Gasteiger partial charge in [0.15, 0.2) is 0 Å². The van der Waals surface area contributed by atoms with Gasteiger partial charge in [-0.25, -0.2) is 8.42 Å². The van der Waals surface area contributed by atoms with Crippen LogP contribution in [0.5, 0.6) is 0 Å². The Hall–Kier alpha value is -2.87. The second-order valence-corrected chi connectivity index (χ2v) is 10.7. The van der Waals surface area contributed by atoms with E-state index < -0.39 is 16.1 Å². The highest BCUT2D eigenvalue weighted by Gasteiger charge is 2.28. The number of likely N-dealkylation sites (N-methyl/N-ethyl adjacent to an activating group) is 1. The van der Waals surface area contributed by atoms with Crippen LogP contribution in [-0.4, -0.2) is 51.0 Å². The Labute approximate surface area is 204 Å². The molecule has 0 saturated heterocycles. The molecular weight excluding hydrogens is 450 g/mol. The van der Waals surface area contributed by atoms with E-state index in [1.54, 1.807) is 11.9 Å². The summed E-state index contributed by atoms with van der Waals surface area (Å²) in [5.74, 6) is -0.387. The lowest BCUT2D eigenvalue weighted by atomic mass is 10.1. The molecular formula is C26H37N3O4S. The van der Waals surface area contributed by atoms with E-state index in [9.17, 15) is 18.0 Å². The third kappa shape index (κ3) is 7.32. The standard InChI is InChI=1S/C26H37N3O4S/c1-7-23(26(31)27-5)28(18-22-14-11-19(2)12-15-22)25(30)9-8-16-29(34(6,32)33)24-17-20(3)10-13-21(24)4/h10-15,17,23H,7-9,16,18H2,1-6H3,(H,27,31)/t23-/m0/s1. The lowest BCUT2D eigenvalue weighted by molar-refractivity contribution is -0.141. The molecule has 0 heterocycles. The second kappa shape index (κ2) is 12.0. The summed E-state index contributed by atoms with van der Waals surface area (Å²) in [7, 11) is -1.96. The summed E-state index contributed by atoms with van der Waals surface area (Å²) in [6.45, 7) is 8.16. The second-order valence-electron chi connectivity index (χ2n) is 8.77. The lowest BCUT2D eigenvalue weighted by Crippen LogP contribution is -2.48. The van der Waals surface area contributed by atoms with Crippen molar-refractivity contribution in [2.24, 2.45) is 0 Å². The van der Waals surface area contributed by atoms with Gasteiger partial charge in [-0.15, -0.1) is 0 Å². The van der Waals surface area contributed by atoms with Crippen molar-refractivity contribution in [3.63, 3.8) is 0 Å². The Bertz CT molecular complexity index is 1100. The van der Waals surface area contributed by atoms with Gasteiger partial charge >= 0.3 is 0 Å². The maximum Gasteiger partial charge on any atom is 0.242 e. The van der Waals surface area contributed by atoms with Crippen molar-refractivity contribution >= 4 is 27.5 Å². The maximum atomic E-state index is 13.3. The molecule has 0 saturated carbocycles. The molecule has 0 bridgehead atoms. The zero-order chi connectivity index (χ0) is 25.5. The van der Waals surface area contributed by atoms with Crippen molar-refractivity contribution in [2.45, 2.75) is 59.5 Å². The number of benzene rings is 2. The summed E-state index contributed by atoms with van der Waals surface area (Å²) in [5.41, 5.74) is 4.50. The lowest BCUT2D eigenvalue weighted by Gasteiger charge is -2.31. The van der Waals surface area contributed by atoms with Crippen LogP contribution in [0.4, 0.5) is 5.69 Å². The van der Waals surface area contributed by atoms with E-state index >= 15 is 0 Å². The van der Waals surface area contributed by atoms with E-state index in [0.29, 0.717) is 25.1 Å². The van der Waals surface area contributed by atoms with Crippen molar-refractivity contribution in [1.29, 1.82) is 0 Å². The predicted octanol–water partition coefficient (Wildman–Crippen LogP) is 3.71. The molecule has 2 aromatic carbocycles. The third-order valence-corrected chi connectivity index (χ3v) is 7.07. The normalized spacial score (nSPS) is 12.2. The van der Waals surface area contributed by atoms with Crippen molar-refractivity contribution < 1.29 is 18.0 Å². The SMILES string of the molecule is CC[C@@H](C(=O)NC)N(Cc1ccc(C)cc1)C(=O)CCCN(c1cc(C)ccc1C)S(C)(=O)=O. The van der Waals surface area contributed by atoms with Crippen molar-refractivity contribution in [3.05, 3.63) is 64.7 Å². The molecule has 34 heavy (non-hydrogen) atoms. The molecule has 2 amide bonds. The number of sulfonamides is 1. The van der Waals surface area contributed by atoms with Gasteiger partial charge in [0, 0.05) is 26.6 Å². The summed E-state index contributed by atoms with van der Waals surface area (Å²) in [4.78, 5) is 27.4. The summed E-state index contributed by atoms with van der Waals surface area (Å²) >= 11 is 0. The number of nitrogens with zero attached hydrogens (tertiary/aromatic N) is 2. The van der Waals surface area contributed by atoms with Crippen LogP contribution in [-0.2, 0) is 26.2 Å². The average molecular weight is 488 g/mol. The molecule has 2 rings (SSSR count). The number of hydrogen-bond acceptors (Lipinski definition) is 4. The quantitative estimate of drug-likeness (QED) is 0.523. The Morgan fingerprint density at radius 1 is 1.00 bits per heavy atom. The minimum atomic E-state index is -3.52. The molecule has 0 aliphatic heterocycles. The first-order valence-electron chi connectivity index (χ1n) is 11.6. The van der Waals surface area contributed by atoms with E-state index in [-0.39, 0.29) is 24.8 Å². The monoisotopic (exact) mass is 487 g/mol. The zero-order valence-electron chi connectivity index (χ0n) is 21.1. The molecule has 8 heteroatoms. The molecule has 0 spiro atoms. The molecule has 2 aromatic rings. The van der Waals surface area contributed by atoms with Gasteiger partial charge in [0.05, 0.1) is 11.9 Å². The number of rotatable bonds is 11. The number of carbonyl (C=O) groups excluding carboxylic acids is 2. The van der Waals surface area contributed by atoms with Crippen LogP contribution < -0.4 is 9.62 Å². The van der Waals surface area contributed by atoms with Gasteiger partial charge in [0.2, 0.25) is 21.8 Å². The number of carbonyl (C=O) groups is 2. The number of aryl methyl sites for hydroxylation is 3. The van der Waals surface area contributed by atoms with Crippen LogP contribution in [0.25, 0.3) is 0 Å². The van der Waals surface area contributed by atoms with Crippen molar-refractivity contribution in [2.75, 3.05) is 24.2 Å². The molecule has 0 unspecified atom stereocenters. The molecule has 7 nitrogen and oxygen atoms in total. The van der Waals surface area contributed by atoms with Gasteiger partial charge in [0.25, 0.3) is 0 Å². The number of anilines is 1. The van der Waals surface area contributed by atoms with E-state index in [4.69, 9.17) is 0 Å². The van der Waals surface area contributed by atoms with E-state index in [2.05, 4.69) is 5.32 Å². The third-order valence-electron chi connectivity index (χ3n) is 5.89. The number of hydrogen-bond donors (Lipinski definition) is 1. The molecule has 0 aliphatic rings. The fourth-order valence-corrected chi connectivity index (χ4v) is 4.96. The van der Waals surface area contributed by atoms with Gasteiger partial charge in [-0.1, -0.05) is 48.9 Å². The predicted molar refractivity (Wildman–Crippen MR) is 137 cm³/mol. The highest BCUT2D eigenvalue weighted by molar-refractivity contribution is 7.92. The van der Waals surface area contributed by atoms with Crippen LogP contribution in [0.3, 0.4) is 0 Å². The summed E-state index contributed by atoms with van der Waals surface area (Å²) in [6, 6.07) is 13.0. The topological polar surface area (TPSA) is 86.8 Å². The molecule has 0 aromatic heterocycles. The number of nitrogens with one attached hydrogen (secondary N) is 1. The highest BCUT2D eigenvalue weighted by Crippen LogP contribution is 2.25. The minimum Gasteiger partial charge on any atom is -0.357 e. The molecule has 1 atom stereocenters. The highest BCUT2D eigenvalue weighted by atomic mass is 32.2. The van der Waals surface area contributed by atoms with Gasteiger partial charge in [-0.2, -0.15) is 0 Å². The average Bonchev–Trinajstić information content (AvgIpc) is 2.78. The fraction of sp³-hybridized carbons (Fsp3) is 0.462. The van der Waals surface area contributed by atoms with Crippen molar-refractivity contribution in [3.8, 4) is 0 Å². The number of amides is 2. The van der Waals surface area contributed by atoms with Crippen LogP contribution in [0.1, 0.15) is 48.4 Å². The van der Waals surface area contributed by atoms with E-state index in [1.165, 1.54) is 10.6 Å². The molecule has 0 aliphatic carbocycles. The Morgan fingerprint density at radius 3 is 2.18 bits per heavy atom. The zero-order valence-corrected chi connectivity index (χ0v) is 21.9. The van der Waals surface area contributed by atoms with Gasteiger partial charge in [-0.3, -0.25) is 13.9 Å². The Morgan fingerprint density at radius 2 is 1.62 bits per heavy atom. The first-order valence-corrected chi connectivity index (χ1v) is 13.4. The first-order chi connectivity index (χ1) is 16.0. The van der Waals surface area contributed by atoms with Crippen LogP contribution in [0.15, 0.2) is 42.5 Å². The van der Waals surface area contributed by atoms with E-state index in [1.807, 2.05) is 70.2 Å².